The third kappa shape index (κ3) is 6.38. The zero-order valence-corrected chi connectivity index (χ0v) is 18.3. The van der Waals surface area contributed by atoms with Crippen molar-refractivity contribution in [2.75, 3.05) is 13.2 Å². The molecule has 0 aliphatic rings. The van der Waals surface area contributed by atoms with Gasteiger partial charge in [0.25, 0.3) is 0 Å². The van der Waals surface area contributed by atoms with Gasteiger partial charge in [0.2, 0.25) is 0 Å². The summed E-state index contributed by atoms with van der Waals surface area (Å²) in [6, 6.07) is 20.7. The minimum Gasteiger partial charge on any atom is -0.490 e. The van der Waals surface area contributed by atoms with E-state index in [2.05, 4.69) is 5.32 Å². The zero-order chi connectivity index (χ0) is 21.3. The van der Waals surface area contributed by atoms with E-state index < -0.39 is 6.10 Å². The molecule has 3 rings (SSSR count). The fourth-order valence-electron chi connectivity index (χ4n) is 3.02. The van der Waals surface area contributed by atoms with E-state index in [1.54, 1.807) is 6.07 Å². The molecule has 3 aromatic carbocycles. The average Bonchev–Trinajstić information content (AvgIpc) is 2.75. The predicted octanol–water partition coefficient (Wildman–Crippen LogP) is 5.79. The fraction of sp³-hybridized carbons (Fsp3) is 0.250. The SMILES string of the molecule is CCOc1cc(CNCC(O)c2ccccc2)c(Cl)cc1OCc1cccc(Cl)c1. The van der Waals surface area contributed by atoms with Crippen LogP contribution in [0.15, 0.2) is 66.7 Å². The molecule has 4 nitrogen and oxygen atoms in total. The summed E-state index contributed by atoms with van der Waals surface area (Å²) < 4.78 is 11.7. The fourth-order valence-corrected chi connectivity index (χ4v) is 3.45. The van der Waals surface area contributed by atoms with Crippen LogP contribution in [0.3, 0.4) is 0 Å². The summed E-state index contributed by atoms with van der Waals surface area (Å²) in [5.41, 5.74) is 2.70. The van der Waals surface area contributed by atoms with Crippen molar-refractivity contribution in [2.24, 2.45) is 0 Å². The van der Waals surface area contributed by atoms with Gasteiger partial charge in [-0.05, 0) is 41.8 Å². The number of benzene rings is 3. The lowest BCUT2D eigenvalue weighted by Gasteiger charge is -2.16. The second kappa shape index (κ2) is 11.2. The maximum Gasteiger partial charge on any atom is 0.163 e. The molecule has 0 aliphatic carbocycles. The second-order valence-electron chi connectivity index (χ2n) is 6.80. The molecule has 0 aromatic heterocycles. The molecule has 6 heteroatoms. The number of rotatable bonds is 10. The quantitative estimate of drug-likeness (QED) is 0.414. The van der Waals surface area contributed by atoms with Crippen LogP contribution in [0.25, 0.3) is 0 Å². The first kappa shape index (κ1) is 22.4. The maximum absolute atomic E-state index is 10.3. The smallest absolute Gasteiger partial charge is 0.163 e. The van der Waals surface area contributed by atoms with E-state index >= 15 is 0 Å². The highest BCUT2D eigenvalue weighted by Gasteiger charge is 2.13. The molecule has 0 amide bonds. The normalized spacial score (nSPS) is 11.9. The third-order valence-electron chi connectivity index (χ3n) is 4.53. The van der Waals surface area contributed by atoms with Crippen molar-refractivity contribution in [2.45, 2.75) is 26.2 Å². The molecule has 158 valence electrons. The van der Waals surface area contributed by atoms with E-state index in [1.807, 2.05) is 67.6 Å². The number of ether oxygens (including phenoxy) is 2. The number of aliphatic hydroxyl groups is 1. The molecule has 0 saturated carbocycles. The van der Waals surface area contributed by atoms with Crippen LogP contribution in [-0.2, 0) is 13.2 Å². The first-order valence-electron chi connectivity index (χ1n) is 9.83. The first-order valence-corrected chi connectivity index (χ1v) is 10.6. The van der Waals surface area contributed by atoms with Gasteiger partial charge >= 0.3 is 0 Å². The first-order chi connectivity index (χ1) is 14.6. The molecule has 2 N–H and O–H groups in total. The summed E-state index contributed by atoms with van der Waals surface area (Å²) in [5.74, 6) is 1.21. The monoisotopic (exact) mass is 445 g/mol. The summed E-state index contributed by atoms with van der Waals surface area (Å²) in [6.07, 6.45) is -0.586. The van der Waals surface area contributed by atoms with E-state index in [-0.39, 0.29) is 0 Å². The largest absolute Gasteiger partial charge is 0.490 e. The topological polar surface area (TPSA) is 50.7 Å². The molecule has 1 unspecified atom stereocenters. The Morgan fingerprint density at radius 2 is 1.70 bits per heavy atom. The Morgan fingerprint density at radius 3 is 2.43 bits per heavy atom. The minimum atomic E-state index is -0.586. The van der Waals surface area contributed by atoms with Crippen LogP contribution in [0.5, 0.6) is 11.5 Å². The van der Waals surface area contributed by atoms with Crippen molar-refractivity contribution in [3.05, 3.63) is 93.5 Å². The highest BCUT2D eigenvalue weighted by atomic mass is 35.5. The third-order valence-corrected chi connectivity index (χ3v) is 5.12. The molecule has 3 aromatic rings. The van der Waals surface area contributed by atoms with Crippen molar-refractivity contribution >= 4 is 23.2 Å². The molecule has 0 bridgehead atoms. The van der Waals surface area contributed by atoms with Gasteiger partial charge in [-0.1, -0.05) is 65.7 Å². The van der Waals surface area contributed by atoms with Crippen molar-refractivity contribution < 1.29 is 14.6 Å². The highest BCUT2D eigenvalue weighted by molar-refractivity contribution is 6.31. The zero-order valence-electron chi connectivity index (χ0n) is 16.8. The van der Waals surface area contributed by atoms with E-state index in [1.165, 1.54) is 0 Å². The Balaban J connectivity index is 1.64. The van der Waals surface area contributed by atoms with E-state index in [0.717, 1.165) is 16.7 Å². The van der Waals surface area contributed by atoms with Crippen molar-refractivity contribution in [1.82, 2.24) is 5.32 Å². The average molecular weight is 446 g/mol. The number of nitrogens with one attached hydrogen (secondary N) is 1. The molecular formula is C24H25Cl2NO3. The summed E-state index contributed by atoms with van der Waals surface area (Å²) in [4.78, 5) is 0. The predicted molar refractivity (Wildman–Crippen MR) is 122 cm³/mol. The summed E-state index contributed by atoms with van der Waals surface area (Å²) in [5, 5.41) is 14.8. The molecule has 1 atom stereocenters. The number of hydrogen-bond donors (Lipinski definition) is 2. The van der Waals surface area contributed by atoms with Crippen LogP contribution >= 0.6 is 23.2 Å². The van der Waals surface area contributed by atoms with Crippen LogP contribution in [0.4, 0.5) is 0 Å². The Labute approximate surface area is 187 Å². The van der Waals surface area contributed by atoms with Crippen LogP contribution < -0.4 is 14.8 Å². The van der Waals surface area contributed by atoms with Gasteiger partial charge in [0.05, 0.1) is 12.7 Å². The van der Waals surface area contributed by atoms with Crippen LogP contribution in [0.2, 0.25) is 10.0 Å². The lowest BCUT2D eigenvalue weighted by molar-refractivity contribution is 0.174. The van der Waals surface area contributed by atoms with Gasteiger partial charge in [0, 0.05) is 29.2 Å². The minimum absolute atomic E-state index is 0.359. The van der Waals surface area contributed by atoms with Gasteiger partial charge in [-0.3, -0.25) is 0 Å². The summed E-state index contributed by atoms with van der Waals surface area (Å²) in [7, 11) is 0. The number of aliphatic hydroxyl groups excluding tert-OH is 1. The lowest BCUT2D eigenvalue weighted by Crippen LogP contribution is -2.21. The Hall–Kier alpha value is -2.24. The van der Waals surface area contributed by atoms with Gasteiger partial charge < -0.3 is 19.9 Å². The number of hydrogen-bond acceptors (Lipinski definition) is 4. The van der Waals surface area contributed by atoms with E-state index in [4.69, 9.17) is 32.7 Å². The molecule has 0 aliphatic heterocycles. The van der Waals surface area contributed by atoms with Crippen LogP contribution in [-0.4, -0.2) is 18.3 Å². The standard InChI is InChI=1S/C24H25Cl2NO3/c1-2-29-23-12-19(14-27-15-22(28)18-8-4-3-5-9-18)21(26)13-24(23)30-16-17-7-6-10-20(25)11-17/h3-13,22,27-28H,2,14-16H2,1H3. The molecule has 0 radical (unpaired) electrons. The highest BCUT2D eigenvalue weighted by Crippen LogP contribution is 2.34. The second-order valence-corrected chi connectivity index (χ2v) is 7.64. The molecule has 0 heterocycles. The molecule has 30 heavy (non-hydrogen) atoms. The molecular weight excluding hydrogens is 421 g/mol. The Bertz CT molecular complexity index is 950. The van der Waals surface area contributed by atoms with Gasteiger partial charge in [-0.25, -0.2) is 0 Å². The van der Waals surface area contributed by atoms with Gasteiger partial charge in [-0.2, -0.15) is 0 Å². The lowest BCUT2D eigenvalue weighted by atomic mass is 10.1. The van der Waals surface area contributed by atoms with Gasteiger partial charge in [-0.15, -0.1) is 0 Å². The molecule has 0 fully saturated rings. The van der Waals surface area contributed by atoms with Crippen molar-refractivity contribution in [1.29, 1.82) is 0 Å². The van der Waals surface area contributed by atoms with Gasteiger partial charge in [0.1, 0.15) is 6.61 Å². The van der Waals surface area contributed by atoms with Crippen molar-refractivity contribution in [3.63, 3.8) is 0 Å². The van der Waals surface area contributed by atoms with E-state index in [0.29, 0.717) is 47.8 Å². The summed E-state index contributed by atoms with van der Waals surface area (Å²) >= 11 is 12.5. The number of halogens is 2. The summed E-state index contributed by atoms with van der Waals surface area (Å²) in [6.45, 7) is 3.70. The van der Waals surface area contributed by atoms with E-state index in [9.17, 15) is 5.11 Å². The maximum atomic E-state index is 10.3. The molecule has 0 saturated heterocycles. The van der Waals surface area contributed by atoms with Crippen molar-refractivity contribution in [3.8, 4) is 11.5 Å². The Kier molecular flexibility index (Phi) is 8.40. The van der Waals surface area contributed by atoms with Crippen LogP contribution in [0, 0.1) is 0 Å². The molecule has 0 spiro atoms. The Morgan fingerprint density at radius 1 is 0.933 bits per heavy atom. The van der Waals surface area contributed by atoms with Crippen LogP contribution in [0.1, 0.15) is 29.7 Å². The van der Waals surface area contributed by atoms with Gasteiger partial charge in [0.15, 0.2) is 11.5 Å².